The van der Waals surface area contributed by atoms with Crippen molar-refractivity contribution in [3.63, 3.8) is 0 Å². The van der Waals surface area contributed by atoms with Crippen LogP contribution in [-0.4, -0.2) is 23.2 Å². The second-order valence-electron chi connectivity index (χ2n) is 3.51. The van der Waals surface area contributed by atoms with Crippen LogP contribution in [0.5, 0.6) is 0 Å². The number of ether oxygens (including phenoxy) is 1. The number of thioether (sulfide) groups is 1. The Hall–Kier alpha value is 0.170. The minimum Gasteiger partial charge on any atom is -0.348 e. The summed E-state index contributed by atoms with van der Waals surface area (Å²) in [5.41, 5.74) is -1.96. The lowest BCUT2D eigenvalue weighted by molar-refractivity contribution is -0.341. The maximum absolute atomic E-state index is 13.4. The first-order valence-corrected chi connectivity index (χ1v) is 5.50. The summed E-state index contributed by atoms with van der Waals surface area (Å²) in [5, 5.41) is 0. The third-order valence-corrected chi connectivity index (χ3v) is 3.68. The normalized spacial score (nSPS) is 36.8. The van der Waals surface area contributed by atoms with Crippen LogP contribution in [0.1, 0.15) is 25.7 Å². The van der Waals surface area contributed by atoms with Crippen LogP contribution in [0.2, 0.25) is 0 Å². The maximum atomic E-state index is 13.4. The van der Waals surface area contributed by atoms with E-state index in [1.807, 2.05) is 0 Å². The maximum Gasteiger partial charge on any atom is 0.311 e. The van der Waals surface area contributed by atoms with Crippen LogP contribution in [0.25, 0.3) is 0 Å². The van der Waals surface area contributed by atoms with Gasteiger partial charge in [0.2, 0.25) is 0 Å². The molecular weight excluding hydrogens is 182 g/mol. The van der Waals surface area contributed by atoms with Crippen molar-refractivity contribution in [3.8, 4) is 0 Å². The van der Waals surface area contributed by atoms with Crippen molar-refractivity contribution in [3.05, 3.63) is 0 Å². The van der Waals surface area contributed by atoms with Crippen molar-refractivity contribution in [2.24, 2.45) is 0 Å². The summed E-state index contributed by atoms with van der Waals surface area (Å²) in [5.74, 6) is -2.59. The minimum absolute atomic E-state index is 0.539. The van der Waals surface area contributed by atoms with E-state index < -0.39 is 17.0 Å². The largest absolute Gasteiger partial charge is 0.348 e. The molecule has 2 aliphatic rings. The molecule has 12 heavy (non-hydrogen) atoms. The summed E-state index contributed by atoms with van der Waals surface area (Å²) < 4.78 is 32.1. The molecular formula is C8H12F2OS. The predicted molar refractivity (Wildman–Crippen MR) is 44.5 cm³/mol. The zero-order chi connectivity index (χ0) is 8.82. The Labute approximate surface area is 74.8 Å². The van der Waals surface area contributed by atoms with Gasteiger partial charge >= 0.3 is 5.92 Å². The highest BCUT2D eigenvalue weighted by molar-refractivity contribution is 7.99. The first-order valence-electron chi connectivity index (χ1n) is 4.21. The molecule has 1 aliphatic heterocycles. The van der Waals surface area contributed by atoms with Gasteiger partial charge in [-0.3, -0.25) is 0 Å². The fraction of sp³-hybridized carbons (Fsp3) is 1.00. The van der Waals surface area contributed by atoms with Gasteiger partial charge < -0.3 is 4.74 Å². The van der Waals surface area contributed by atoms with E-state index in [4.69, 9.17) is 4.74 Å². The van der Waals surface area contributed by atoms with Gasteiger partial charge in [-0.15, -0.1) is 11.8 Å². The summed E-state index contributed by atoms with van der Waals surface area (Å²) in [4.78, 5) is 0. The topological polar surface area (TPSA) is 9.23 Å². The minimum atomic E-state index is -2.59. The monoisotopic (exact) mass is 194 g/mol. The van der Waals surface area contributed by atoms with E-state index in [2.05, 4.69) is 0 Å². The Morgan fingerprint density at radius 1 is 1.33 bits per heavy atom. The Morgan fingerprint density at radius 2 is 1.92 bits per heavy atom. The highest BCUT2D eigenvalue weighted by Crippen LogP contribution is 2.58. The second-order valence-corrected chi connectivity index (χ2v) is 4.41. The first-order chi connectivity index (χ1) is 5.62. The van der Waals surface area contributed by atoms with Crippen LogP contribution in [-0.2, 0) is 4.74 Å². The van der Waals surface area contributed by atoms with Crippen molar-refractivity contribution >= 4 is 11.8 Å². The molecule has 0 bridgehead atoms. The van der Waals surface area contributed by atoms with E-state index in [1.165, 1.54) is 0 Å². The molecule has 1 spiro atoms. The predicted octanol–water partition coefficient (Wildman–Crippen LogP) is 2.65. The highest BCUT2D eigenvalue weighted by atomic mass is 32.2. The van der Waals surface area contributed by atoms with Crippen LogP contribution in [0.4, 0.5) is 8.78 Å². The molecule has 4 heteroatoms. The van der Waals surface area contributed by atoms with E-state index in [0.29, 0.717) is 12.8 Å². The van der Waals surface area contributed by atoms with Gasteiger partial charge in [0.25, 0.3) is 0 Å². The lowest BCUT2D eigenvalue weighted by Crippen LogP contribution is -2.67. The van der Waals surface area contributed by atoms with E-state index in [-0.39, 0.29) is 0 Å². The van der Waals surface area contributed by atoms with Crippen molar-refractivity contribution in [2.75, 3.05) is 6.26 Å². The number of rotatable bonds is 1. The molecule has 0 radical (unpaired) electrons. The Morgan fingerprint density at radius 3 is 2.33 bits per heavy atom. The van der Waals surface area contributed by atoms with Gasteiger partial charge in [-0.2, -0.15) is 8.78 Å². The van der Waals surface area contributed by atoms with E-state index in [1.54, 1.807) is 6.26 Å². The summed E-state index contributed by atoms with van der Waals surface area (Å²) in [6, 6.07) is 0. The quantitative estimate of drug-likeness (QED) is 0.634. The Kier molecular flexibility index (Phi) is 1.88. The molecule has 1 saturated carbocycles. The number of hydrogen-bond acceptors (Lipinski definition) is 2. The summed E-state index contributed by atoms with van der Waals surface area (Å²) in [7, 11) is 0. The molecule has 0 N–H and O–H groups in total. The van der Waals surface area contributed by atoms with Gasteiger partial charge in [-0.05, 0) is 19.1 Å². The molecule has 1 aliphatic carbocycles. The third kappa shape index (κ3) is 0.880. The Bertz CT molecular complexity index is 189. The molecule has 2 rings (SSSR count). The lowest BCUT2D eigenvalue weighted by atomic mass is 9.88. The van der Waals surface area contributed by atoms with Gasteiger partial charge in [0.15, 0.2) is 5.44 Å². The molecule has 0 aromatic carbocycles. The fourth-order valence-electron chi connectivity index (χ4n) is 2.11. The van der Waals surface area contributed by atoms with Crippen LogP contribution in [0.3, 0.4) is 0 Å². The summed E-state index contributed by atoms with van der Waals surface area (Å²) in [6.07, 6.45) is 4.52. The molecule has 0 amide bonds. The fourth-order valence-corrected chi connectivity index (χ4v) is 2.90. The molecule has 0 aromatic rings. The van der Waals surface area contributed by atoms with Crippen LogP contribution in [0, 0.1) is 0 Å². The van der Waals surface area contributed by atoms with Gasteiger partial charge in [0.05, 0.1) is 0 Å². The lowest BCUT2D eigenvalue weighted by Gasteiger charge is -2.51. The molecule has 1 atom stereocenters. The zero-order valence-corrected chi connectivity index (χ0v) is 7.79. The van der Waals surface area contributed by atoms with Crippen molar-refractivity contribution in [1.82, 2.24) is 0 Å². The van der Waals surface area contributed by atoms with Crippen molar-refractivity contribution in [2.45, 2.75) is 42.6 Å². The summed E-state index contributed by atoms with van der Waals surface area (Å²) in [6.45, 7) is 0. The average Bonchev–Trinajstić information content (AvgIpc) is 2.50. The molecule has 70 valence electrons. The van der Waals surface area contributed by atoms with Crippen LogP contribution < -0.4 is 0 Å². The molecule has 2 fully saturated rings. The Balaban J connectivity index is 2.12. The number of hydrogen-bond donors (Lipinski definition) is 0. The smallest absolute Gasteiger partial charge is 0.311 e. The zero-order valence-electron chi connectivity index (χ0n) is 6.98. The molecule has 1 heterocycles. The number of halogens is 2. The van der Waals surface area contributed by atoms with Crippen LogP contribution in [0.15, 0.2) is 0 Å². The van der Waals surface area contributed by atoms with E-state index >= 15 is 0 Å². The standard InChI is InChI=1S/C8H12F2OS/c1-12-6-8(9,10)7(11-6)4-2-3-5-7/h6H,2-5H2,1H3. The van der Waals surface area contributed by atoms with E-state index in [9.17, 15) is 8.78 Å². The van der Waals surface area contributed by atoms with Gasteiger partial charge in [-0.1, -0.05) is 12.8 Å². The number of alkyl halides is 2. The highest BCUT2D eigenvalue weighted by Gasteiger charge is 2.70. The van der Waals surface area contributed by atoms with Gasteiger partial charge in [0, 0.05) is 0 Å². The SMILES string of the molecule is CSC1OC2(CCCC2)C1(F)F. The van der Waals surface area contributed by atoms with E-state index in [0.717, 1.165) is 24.6 Å². The average molecular weight is 194 g/mol. The van der Waals surface area contributed by atoms with Gasteiger partial charge in [0.1, 0.15) is 5.60 Å². The molecule has 0 aromatic heterocycles. The van der Waals surface area contributed by atoms with Gasteiger partial charge in [-0.25, -0.2) is 0 Å². The molecule has 1 saturated heterocycles. The van der Waals surface area contributed by atoms with Crippen molar-refractivity contribution in [1.29, 1.82) is 0 Å². The second kappa shape index (κ2) is 2.58. The summed E-state index contributed by atoms with van der Waals surface area (Å²) >= 11 is 1.11. The van der Waals surface area contributed by atoms with Crippen molar-refractivity contribution < 1.29 is 13.5 Å². The molecule has 1 unspecified atom stereocenters. The van der Waals surface area contributed by atoms with Crippen LogP contribution >= 0.6 is 11.8 Å². The first kappa shape index (κ1) is 8.75. The third-order valence-electron chi connectivity index (χ3n) is 2.86. The molecule has 1 nitrogen and oxygen atoms in total.